The summed E-state index contributed by atoms with van der Waals surface area (Å²) < 4.78 is 0. The molecule has 0 amide bonds. The molecule has 0 bridgehead atoms. The molecule has 0 aromatic rings. The number of halogens is 2. The Morgan fingerprint density at radius 1 is 1.06 bits per heavy atom. The third-order valence-electron chi connectivity index (χ3n) is 3.12. The Bertz CT molecular complexity index is 226. The van der Waals surface area contributed by atoms with E-state index in [1.165, 1.54) is 32.1 Å². The van der Waals surface area contributed by atoms with Gasteiger partial charge in [0.25, 0.3) is 6.69 Å². The van der Waals surface area contributed by atoms with Crippen molar-refractivity contribution in [1.82, 2.24) is 0 Å². The van der Waals surface area contributed by atoms with E-state index in [4.69, 9.17) is 27.4 Å². The van der Waals surface area contributed by atoms with E-state index in [-0.39, 0.29) is 5.92 Å². The molecule has 4 heteroatoms. The zero-order chi connectivity index (χ0) is 13.1. The smallest absolute Gasteiger partial charge is 0.198 e. The van der Waals surface area contributed by atoms with Crippen LogP contribution in [0.4, 0.5) is 0 Å². The molecule has 0 aliphatic carbocycles. The van der Waals surface area contributed by atoms with Crippen LogP contribution < -0.4 is 0 Å². The highest BCUT2D eigenvalue weighted by Gasteiger charge is 2.30. The topological polar surface area (TPSA) is 23.8 Å². The fraction of sp³-hybridized carbons (Fsp3) is 0.923. The van der Waals surface area contributed by atoms with E-state index in [0.717, 1.165) is 24.9 Å². The molecule has 1 atom stereocenters. The maximum Gasteiger partial charge on any atom is 0.252 e. The van der Waals surface area contributed by atoms with Crippen molar-refractivity contribution in [2.75, 3.05) is 0 Å². The van der Waals surface area contributed by atoms with Gasteiger partial charge in [0.1, 0.15) is 0 Å². The molecule has 0 spiro atoms. The van der Waals surface area contributed by atoms with Crippen LogP contribution in [0.3, 0.4) is 0 Å². The average Bonchev–Trinajstić information content (AvgIpc) is 2.30. The Balaban J connectivity index is 3.67. The number of hydrogen-bond donors (Lipinski definition) is 0. The minimum absolute atomic E-state index is 0.0526. The molecule has 100 valence electrons. The van der Waals surface area contributed by atoms with Gasteiger partial charge in [-0.15, -0.1) is 22.2 Å². The predicted molar refractivity (Wildman–Crippen MR) is 79.8 cm³/mol. The fourth-order valence-corrected chi connectivity index (χ4v) is 5.90. The van der Waals surface area contributed by atoms with Crippen LogP contribution in [0.25, 0.3) is 0 Å². The van der Waals surface area contributed by atoms with Crippen molar-refractivity contribution in [2.24, 2.45) is 5.92 Å². The molecule has 0 aromatic heterocycles. The maximum absolute atomic E-state index is 8.91. The van der Waals surface area contributed by atoms with Crippen molar-refractivity contribution in [3.8, 4) is 6.07 Å². The lowest BCUT2D eigenvalue weighted by atomic mass is 10.1. The summed E-state index contributed by atoms with van der Waals surface area (Å²) in [7, 11) is 0. The first kappa shape index (κ1) is 17.3. The summed E-state index contributed by atoms with van der Waals surface area (Å²) in [5, 5.41) is 8.91. The third-order valence-corrected chi connectivity index (χ3v) is 7.35. The van der Waals surface area contributed by atoms with E-state index in [9.17, 15) is 0 Å². The minimum atomic E-state index is -2.15. The molecule has 17 heavy (non-hydrogen) atoms. The lowest BCUT2D eigenvalue weighted by molar-refractivity contribution is 0.621. The lowest BCUT2D eigenvalue weighted by Crippen LogP contribution is -2.22. The van der Waals surface area contributed by atoms with Gasteiger partial charge in [0.2, 0.25) is 0 Å². The van der Waals surface area contributed by atoms with Gasteiger partial charge in [-0.1, -0.05) is 52.4 Å². The van der Waals surface area contributed by atoms with E-state index in [1.54, 1.807) is 0 Å². The van der Waals surface area contributed by atoms with Crippen LogP contribution in [0.15, 0.2) is 0 Å². The molecule has 1 nitrogen and oxygen atoms in total. The molecule has 0 saturated heterocycles. The number of unbranched alkanes of at least 4 members (excludes halogenated alkanes) is 5. The Hall–Kier alpha value is 0.287. The van der Waals surface area contributed by atoms with Gasteiger partial charge >= 0.3 is 0 Å². The molecular weight excluding hydrogens is 269 g/mol. The zero-order valence-corrected chi connectivity index (χ0v) is 13.7. The van der Waals surface area contributed by atoms with Crippen LogP contribution in [0, 0.1) is 17.2 Å². The summed E-state index contributed by atoms with van der Waals surface area (Å²) in [6, 6.07) is 3.97. The van der Waals surface area contributed by atoms with E-state index >= 15 is 0 Å². The molecule has 1 unspecified atom stereocenters. The molecule has 0 aliphatic rings. The average molecular weight is 294 g/mol. The highest BCUT2D eigenvalue weighted by molar-refractivity contribution is 7.45. The van der Waals surface area contributed by atoms with Crippen LogP contribution in [-0.2, 0) is 0 Å². The largest absolute Gasteiger partial charge is 0.252 e. The van der Waals surface area contributed by atoms with Gasteiger partial charge in [0.15, 0.2) is 0 Å². The van der Waals surface area contributed by atoms with E-state index < -0.39 is 6.69 Å². The standard InChI is InChI=1S/C13H25Cl2NSi/c1-3-5-6-7-8-9-10-17(14,15)12-13(4-2)11-16/h13H,3-10,12H2,1-2H3. The predicted octanol–water partition coefficient (Wildman–Crippen LogP) is 5.82. The summed E-state index contributed by atoms with van der Waals surface area (Å²) in [5.41, 5.74) is 0. The summed E-state index contributed by atoms with van der Waals surface area (Å²) in [5.74, 6) is 0.0526. The van der Waals surface area contributed by atoms with E-state index in [2.05, 4.69) is 13.0 Å². The van der Waals surface area contributed by atoms with Crippen molar-refractivity contribution in [3.05, 3.63) is 0 Å². The van der Waals surface area contributed by atoms with Gasteiger partial charge in [-0.25, -0.2) is 0 Å². The summed E-state index contributed by atoms with van der Waals surface area (Å²) in [4.78, 5) is 0. The summed E-state index contributed by atoms with van der Waals surface area (Å²) in [6.07, 6.45) is 8.46. The SMILES string of the molecule is CCCCCCCC[Si](Cl)(Cl)CC(C#N)CC. The number of hydrogen-bond acceptors (Lipinski definition) is 1. The second-order valence-electron chi connectivity index (χ2n) is 4.81. The van der Waals surface area contributed by atoms with Gasteiger partial charge in [0.05, 0.1) is 6.07 Å². The lowest BCUT2D eigenvalue weighted by Gasteiger charge is -2.18. The Morgan fingerprint density at radius 3 is 2.18 bits per heavy atom. The van der Waals surface area contributed by atoms with Crippen LogP contribution in [0.2, 0.25) is 12.1 Å². The Kier molecular flexibility index (Phi) is 10.4. The monoisotopic (exact) mass is 293 g/mol. The van der Waals surface area contributed by atoms with Crippen molar-refractivity contribution < 1.29 is 0 Å². The van der Waals surface area contributed by atoms with Crippen LogP contribution in [0.1, 0.15) is 58.8 Å². The highest BCUT2D eigenvalue weighted by Crippen LogP contribution is 2.32. The maximum atomic E-state index is 8.91. The summed E-state index contributed by atoms with van der Waals surface area (Å²) in [6.45, 7) is 2.09. The molecule has 0 rings (SSSR count). The molecule has 0 aromatic carbocycles. The van der Waals surface area contributed by atoms with Gasteiger partial charge in [0, 0.05) is 5.92 Å². The Morgan fingerprint density at radius 2 is 1.65 bits per heavy atom. The van der Waals surface area contributed by atoms with Gasteiger partial charge in [-0.2, -0.15) is 5.26 Å². The normalized spacial score (nSPS) is 13.4. The first-order valence-electron chi connectivity index (χ1n) is 6.83. The molecule has 0 saturated carbocycles. The van der Waals surface area contributed by atoms with Crippen LogP contribution in [-0.4, -0.2) is 6.69 Å². The molecule has 0 radical (unpaired) electrons. The Labute approximate surface area is 117 Å². The number of nitrogens with zero attached hydrogens (tertiary/aromatic N) is 1. The molecule has 0 fully saturated rings. The van der Waals surface area contributed by atoms with Crippen molar-refractivity contribution >= 4 is 28.9 Å². The summed E-state index contributed by atoms with van der Waals surface area (Å²) >= 11 is 12.8. The molecule has 0 N–H and O–H groups in total. The van der Waals surface area contributed by atoms with E-state index in [1.807, 2.05) is 6.92 Å². The highest BCUT2D eigenvalue weighted by atomic mass is 35.7. The zero-order valence-electron chi connectivity index (χ0n) is 11.1. The quantitative estimate of drug-likeness (QED) is 0.283. The van der Waals surface area contributed by atoms with Gasteiger partial charge in [-0.3, -0.25) is 0 Å². The van der Waals surface area contributed by atoms with Crippen molar-refractivity contribution in [3.63, 3.8) is 0 Å². The van der Waals surface area contributed by atoms with Gasteiger partial charge < -0.3 is 0 Å². The second-order valence-corrected chi connectivity index (χ2v) is 12.4. The fourth-order valence-electron chi connectivity index (χ4n) is 1.91. The van der Waals surface area contributed by atoms with E-state index in [0.29, 0.717) is 0 Å². The van der Waals surface area contributed by atoms with Gasteiger partial charge in [-0.05, 0) is 18.5 Å². The minimum Gasteiger partial charge on any atom is -0.198 e. The van der Waals surface area contributed by atoms with Crippen LogP contribution >= 0.6 is 22.2 Å². The molecular formula is C13H25Cl2NSi. The van der Waals surface area contributed by atoms with Crippen molar-refractivity contribution in [1.29, 1.82) is 5.26 Å². The molecule has 0 aliphatic heterocycles. The number of rotatable bonds is 10. The molecule has 0 heterocycles. The third kappa shape index (κ3) is 9.94. The first-order valence-corrected chi connectivity index (χ1v) is 11.3. The first-order chi connectivity index (χ1) is 8.05. The van der Waals surface area contributed by atoms with Crippen molar-refractivity contribution in [2.45, 2.75) is 70.9 Å². The second kappa shape index (κ2) is 10.2. The number of nitriles is 1. The van der Waals surface area contributed by atoms with Crippen LogP contribution in [0.5, 0.6) is 0 Å².